The molecule has 0 aromatic carbocycles. The van der Waals surface area contributed by atoms with Crippen molar-refractivity contribution >= 4 is 23.5 Å². The molecule has 0 aliphatic carbocycles. The molecule has 0 radical (unpaired) electrons. The number of aromatic nitrogens is 1. The van der Waals surface area contributed by atoms with E-state index in [9.17, 15) is 14.7 Å². The Labute approximate surface area is 122 Å². The molecule has 1 aliphatic heterocycles. The normalized spacial score (nSPS) is 22.0. The summed E-state index contributed by atoms with van der Waals surface area (Å²) >= 11 is 5.99. The maximum atomic E-state index is 12.6. The second-order valence-corrected chi connectivity index (χ2v) is 5.41. The SMILES string of the molecule is CCCC1(C(=O)O)CCCN1C(=O)c1ccncc1Cl. The first-order valence-electron chi connectivity index (χ1n) is 6.68. The van der Waals surface area contributed by atoms with E-state index >= 15 is 0 Å². The smallest absolute Gasteiger partial charge is 0.329 e. The minimum atomic E-state index is -1.10. The molecule has 2 heterocycles. The Kier molecular flexibility index (Phi) is 4.28. The second kappa shape index (κ2) is 5.79. The number of amides is 1. The molecule has 0 spiro atoms. The molecule has 108 valence electrons. The van der Waals surface area contributed by atoms with E-state index in [-0.39, 0.29) is 10.9 Å². The standard InChI is InChI=1S/C14H17ClN2O3/c1-2-5-14(13(19)20)6-3-8-17(14)12(18)10-4-7-16-9-11(10)15/h4,7,9H,2-3,5-6,8H2,1H3,(H,19,20). The molecule has 1 aromatic rings. The van der Waals surface area contributed by atoms with Gasteiger partial charge in [0.05, 0.1) is 10.6 Å². The van der Waals surface area contributed by atoms with Gasteiger partial charge in [0.15, 0.2) is 0 Å². The number of rotatable bonds is 4. The van der Waals surface area contributed by atoms with Gasteiger partial charge >= 0.3 is 5.97 Å². The van der Waals surface area contributed by atoms with Crippen LogP contribution in [0.1, 0.15) is 43.0 Å². The van der Waals surface area contributed by atoms with Gasteiger partial charge in [-0.15, -0.1) is 0 Å². The summed E-state index contributed by atoms with van der Waals surface area (Å²) in [7, 11) is 0. The number of nitrogens with zero attached hydrogens (tertiary/aromatic N) is 2. The van der Waals surface area contributed by atoms with Crippen molar-refractivity contribution in [3.05, 3.63) is 29.0 Å². The van der Waals surface area contributed by atoms with Crippen molar-refractivity contribution in [2.75, 3.05) is 6.54 Å². The monoisotopic (exact) mass is 296 g/mol. The van der Waals surface area contributed by atoms with E-state index in [4.69, 9.17) is 11.6 Å². The van der Waals surface area contributed by atoms with Gasteiger partial charge in [0.25, 0.3) is 5.91 Å². The Balaban J connectivity index is 2.38. The van der Waals surface area contributed by atoms with E-state index in [1.165, 1.54) is 23.4 Å². The molecule has 1 atom stereocenters. The highest BCUT2D eigenvalue weighted by atomic mass is 35.5. The lowest BCUT2D eigenvalue weighted by atomic mass is 9.90. The highest BCUT2D eigenvalue weighted by Gasteiger charge is 2.49. The van der Waals surface area contributed by atoms with Crippen LogP contribution in [0.4, 0.5) is 0 Å². The summed E-state index contributed by atoms with van der Waals surface area (Å²) in [6.07, 6.45) is 5.23. The summed E-state index contributed by atoms with van der Waals surface area (Å²) in [6, 6.07) is 1.53. The Hall–Kier alpha value is -1.62. The third-order valence-electron chi connectivity index (χ3n) is 3.80. The summed E-state index contributed by atoms with van der Waals surface area (Å²) in [5.74, 6) is -1.26. The maximum absolute atomic E-state index is 12.6. The van der Waals surface area contributed by atoms with Gasteiger partial charge < -0.3 is 10.0 Å². The van der Waals surface area contributed by atoms with Gasteiger partial charge in [-0.2, -0.15) is 0 Å². The van der Waals surface area contributed by atoms with Gasteiger partial charge in [0.1, 0.15) is 5.54 Å². The third kappa shape index (κ3) is 2.38. The van der Waals surface area contributed by atoms with Crippen molar-refractivity contribution in [1.82, 2.24) is 9.88 Å². The molecule has 0 bridgehead atoms. The first kappa shape index (κ1) is 14.8. The van der Waals surface area contributed by atoms with Gasteiger partial charge in [0, 0.05) is 18.9 Å². The van der Waals surface area contributed by atoms with Crippen LogP contribution in [-0.4, -0.2) is 39.0 Å². The topological polar surface area (TPSA) is 70.5 Å². The second-order valence-electron chi connectivity index (χ2n) is 5.00. The lowest BCUT2D eigenvalue weighted by Crippen LogP contribution is -2.53. The van der Waals surface area contributed by atoms with Crippen LogP contribution in [-0.2, 0) is 4.79 Å². The molecule has 0 saturated carbocycles. The van der Waals surface area contributed by atoms with Gasteiger partial charge in [-0.05, 0) is 25.3 Å². The van der Waals surface area contributed by atoms with Gasteiger partial charge in [-0.1, -0.05) is 24.9 Å². The maximum Gasteiger partial charge on any atom is 0.329 e. The first-order valence-corrected chi connectivity index (χ1v) is 7.05. The van der Waals surface area contributed by atoms with Crippen LogP contribution in [0.25, 0.3) is 0 Å². The number of hydrogen-bond acceptors (Lipinski definition) is 3. The van der Waals surface area contributed by atoms with Crippen molar-refractivity contribution in [1.29, 1.82) is 0 Å². The molecule has 1 aromatic heterocycles. The predicted molar refractivity (Wildman–Crippen MR) is 74.8 cm³/mol. The summed E-state index contributed by atoms with van der Waals surface area (Å²) in [4.78, 5) is 29.6. The van der Waals surface area contributed by atoms with E-state index in [1.807, 2.05) is 6.92 Å². The summed E-state index contributed by atoms with van der Waals surface area (Å²) in [5.41, 5.74) is -0.788. The van der Waals surface area contributed by atoms with Crippen LogP contribution in [0.2, 0.25) is 5.02 Å². The highest BCUT2D eigenvalue weighted by molar-refractivity contribution is 6.33. The van der Waals surface area contributed by atoms with Crippen LogP contribution in [0.3, 0.4) is 0 Å². The third-order valence-corrected chi connectivity index (χ3v) is 4.10. The number of pyridine rings is 1. The molecule has 1 N–H and O–H groups in total. The van der Waals surface area contributed by atoms with Crippen molar-refractivity contribution in [3.63, 3.8) is 0 Å². The number of aliphatic carboxylic acids is 1. The molecule has 1 amide bonds. The molecular weight excluding hydrogens is 280 g/mol. The Bertz CT molecular complexity index is 535. The lowest BCUT2D eigenvalue weighted by Gasteiger charge is -2.34. The molecule has 1 unspecified atom stereocenters. The summed E-state index contributed by atoms with van der Waals surface area (Å²) in [6.45, 7) is 2.37. The van der Waals surface area contributed by atoms with Crippen molar-refractivity contribution < 1.29 is 14.7 Å². The number of carboxylic acids is 1. The van der Waals surface area contributed by atoms with Gasteiger partial charge in [0.2, 0.25) is 0 Å². The number of halogens is 1. The van der Waals surface area contributed by atoms with Crippen LogP contribution in [0.15, 0.2) is 18.5 Å². The van der Waals surface area contributed by atoms with Crippen molar-refractivity contribution in [3.8, 4) is 0 Å². The van der Waals surface area contributed by atoms with Crippen LogP contribution >= 0.6 is 11.6 Å². The van der Waals surface area contributed by atoms with E-state index in [2.05, 4.69) is 4.98 Å². The summed E-state index contributed by atoms with van der Waals surface area (Å²) in [5, 5.41) is 9.84. The molecular formula is C14H17ClN2O3. The zero-order chi connectivity index (χ0) is 14.8. The Morgan fingerprint density at radius 2 is 2.30 bits per heavy atom. The average molecular weight is 297 g/mol. The zero-order valence-electron chi connectivity index (χ0n) is 11.3. The molecule has 5 nitrogen and oxygen atoms in total. The fourth-order valence-electron chi connectivity index (χ4n) is 2.87. The van der Waals surface area contributed by atoms with Crippen LogP contribution in [0, 0.1) is 0 Å². The molecule has 1 aliphatic rings. The Morgan fingerprint density at radius 3 is 2.90 bits per heavy atom. The van der Waals surface area contributed by atoms with Crippen molar-refractivity contribution in [2.24, 2.45) is 0 Å². The number of carboxylic acid groups (broad SMARTS) is 1. The van der Waals surface area contributed by atoms with E-state index in [0.717, 1.165) is 0 Å². The first-order chi connectivity index (χ1) is 9.53. The quantitative estimate of drug-likeness (QED) is 0.927. The minimum Gasteiger partial charge on any atom is -0.479 e. The molecule has 1 saturated heterocycles. The fourth-order valence-corrected chi connectivity index (χ4v) is 3.07. The molecule has 20 heavy (non-hydrogen) atoms. The average Bonchev–Trinajstić information content (AvgIpc) is 2.84. The van der Waals surface area contributed by atoms with Crippen LogP contribution in [0.5, 0.6) is 0 Å². The molecule has 1 fully saturated rings. The lowest BCUT2D eigenvalue weighted by molar-refractivity contribution is -0.148. The minimum absolute atomic E-state index is 0.250. The highest BCUT2D eigenvalue weighted by Crippen LogP contribution is 2.35. The van der Waals surface area contributed by atoms with E-state index in [1.54, 1.807) is 0 Å². The number of likely N-dealkylation sites (tertiary alicyclic amines) is 1. The summed E-state index contributed by atoms with van der Waals surface area (Å²) < 4.78 is 0. The van der Waals surface area contributed by atoms with Gasteiger partial charge in [-0.3, -0.25) is 9.78 Å². The number of carbonyl (C=O) groups is 2. The van der Waals surface area contributed by atoms with E-state index in [0.29, 0.717) is 37.8 Å². The predicted octanol–water partition coefficient (Wildman–Crippen LogP) is 2.59. The number of hydrogen-bond donors (Lipinski definition) is 1. The van der Waals surface area contributed by atoms with Gasteiger partial charge in [-0.25, -0.2) is 4.79 Å². The molecule has 2 rings (SSSR count). The Morgan fingerprint density at radius 1 is 1.55 bits per heavy atom. The molecule has 6 heteroatoms. The zero-order valence-corrected chi connectivity index (χ0v) is 12.1. The largest absolute Gasteiger partial charge is 0.479 e. The fraction of sp³-hybridized carbons (Fsp3) is 0.500. The van der Waals surface area contributed by atoms with E-state index < -0.39 is 11.5 Å². The van der Waals surface area contributed by atoms with Crippen LogP contribution < -0.4 is 0 Å². The number of carbonyl (C=O) groups excluding carboxylic acids is 1. The van der Waals surface area contributed by atoms with Crippen molar-refractivity contribution in [2.45, 2.75) is 38.1 Å².